The second kappa shape index (κ2) is 4.62. The predicted molar refractivity (Wildman–Crippen MR) is 46.8 cm³/mol. The Morgan fingerprint density at radius 2 is 1.79 bits per heavy atom. The largest absolute Gasteiger partial charge is 0.454 e. The third kappa shape index (κ3) is 3.16. The fourth-order valence-corrected chi connectivity index (χ4v) is 1.58. The summed E-state index contributed by atoms with van der Waals surface area (Å²) >= 11 is 0. The van der Waals surface area contributed by atoms with Crippen LogP contribution in [0.15, 0.2) is 11.6 Å². The Morgan fingerprint density at radius 1 is 1.14 bits per heavy atom. The van der Waals surface area contributed by atoms with Gasteiger partial charge in [0.1, 0.15) is 0 Å². The van der Waals surface area contributed by atoms with E-state index in [-0.39, 0.29) is 12.0 Å². The standard InChI is InChI=1S/C10H13F3O/c11-10(12,13)9(14)8-6-4-2-1-3-5-7-8/h6H,1-5,7H2/b8-6+. The zero-order valence-electron chi connectivity index (χ0n) is 7.86. The van der Waals surface area contributed by atoms with Crippen LogP contribution < -0.4 is 0 Å². The third-order valence-corrected chi connectivity index (χ3v) is 2.34. The smallest absolute Gasteiger partial charge is 0.284 e. The monoisotopic (exact) mass is 206 g/mol. The molecule has 0 aromatic heterocycles. The SMILES string of the molecule is O=C(/C1=C/CCCCCC1)C(F)(F)F. The number of hydrogen-bond donors (Lipinski definition) is 0. The lowest BCUT2D eigenvalue weighted by molar-refractivity contribution is -0.166. The van der Waals surface area contributed by atoms with E-state index in [4.69, 9.17) is 0 Å². The quantitative estimate of drug-likeness (QED) is 0.642. The summed E-state index contributed by atoms with van der Waals surface area (Å²) in [7, 11) is 0. The van der Waals surface area contributed by atoms with Gasteiger partial charge in [-0.05, 0) is 25.7 Å². The van der Waals surface area contributed by atoms with Crippen molar-refractivity contribution in [2.75, 3.05) is 0 Å². The van der Waals surface area contributed by atoms with E-state index in [1.807, 2.05) is 0 Å². The van der Waals surface area contributed by atoms with Crippen LogP contribution in [0.5, 0.6) is 0 Å². The summed E-state index contributed by atoms with van der Waals surface area (Å²) < 4.78 is 36.2. The molecule has 14 heavy (non-hydrogen) atoms. The van der Waals surface area contributed by atoms with Crippen LogP contribution in [0.1, 0.15) is 38.5 Å². The van der Waals surface area contributed by atoms with E-state index >= 15 is 0 Å². The molecule has 0 amide bonds. The van der Waals surface area contributed by atoms with Gasteiger partial charge in [0.15, 0.2) is 0 Å². The summed E-state index contributed by atoms with van der Waals surface area (Å²) in [5.74, 6) is -1.65. The van der Waals surface area contributed by atoms with Gasteiger partial charge in [-0.15, -0.1) is 0 Å². The molecule has 0 aromatic rings. The molecule has 0 saturated carbocycles. The number of carbonyl (C=O) groups excluding carboxylic acids is 1. The molecule has 4 heteroatoms. The van der Waals surface area contributed by atoms with Gasteiger partial charge >= 0.3 is 6.18 Å². The molecule has 0 radical (unpaired) electrons. The number of alkyl halides is 3. The first kappa shape index (κ1) is 11.3. The average Bonchev–Trinajstić information content (AvgIpc) is 2.00. The maximum Gasteiger partial charge on any atom is 0.454 e. The van der Waals surface area contributed by atoms with Crippen molar-refractivity contribution >= 4 is 5.78 Å². The van der Waals surface area contributed by atoms with Crippen molar-refractivity contribution in [2.24, 2.45) is 0 Å². The highest BCUT2D eigenvalue weighted by Gasteiger charge is 2.40. The van der Waals surface area contributed by atoms with Crippen LogP contribution >= 0.6 is 0 Å². The van der Waals surface area contributed by atoms with E-state index < -0.39 is 12.0 Å². The first-order valence-electron chi connectivity index (χ1n) is 4.82. The molecule has 0 atom stereocenters. The summed E-state index contributed by atoms with van der Waals surface area (Å²) in [4.78, 5) is 10.9. The van der Waals surface area contributed by atoms with Gasteiger partial charge in [0, 0.05) is 5.57 Å². The second-order valence-corrected chi connectivity index (χ2v) is 3.51. The van der Waals surface area contributed by atoms with Crippen LogP contribution in [-0.2, 0) is 4.79 Å². The number of allylic oxidation sites excluding steroid dienone is 2. The Kier molecular flexibility index (Phi) is 3.72. The molecule has 80 valence electrons. The molecule has 1 nitrogen and oxygen atoms in total. The Balaban J connectivity index is 2.69. The summed E-state index contributed by atoms with van der Waals surface area (Å²) in [5, 5.41) is 0. The maximum atomic E-state index is 12.1. The van der Waals surface area contributed by atoms with Gasteiger partial charge in [0.2, 0.25) is 0 Å². The minimum atomic E-state index is -4.70. The van der Waals surface area contributed by atoms with Crippen molar-refractivity contribution < 1.29 is 18.0 Å². The Hall–Kier alpha value is -0.800. The van der Waals surface area contributed by atoms with Crippen molar-refractivity contribution in [2.45, 2.75) is 44.7 Å². The highest BCUT2D eigenvalue weighted by atomic mass is 19.4. The molecule has 0 saturated heterocycles. The van der Waals surface area contributed by atoms with Crippen molar-refractivity contribution in [3.63, 3.8) is 0 Å². The minimum Gasteiger partial charge on any atom is -0.284 e. The lowest BCUT2D eigenvalue weighted by atomic mass is 9.97. The second-order valence-electron chi connectivity index (χ2n) is 3.51. The van der Waals surface area contributed by atoms with Gasteiger partial charge in [0.05, 0.1) is 0 Å². The average molecular weight is 206 g/mol. The maximum absolute atomic E-state index is 12.1. The van der Waals surface area contributed by atoms with Crippen molar-refractivity contribution in [3.05, 3.63) is 11.6 Å². The van der Waals surface area contributed by atoms with E-state index in [0.29, 0.717) is 12.8 Å². The number of halogens is 3. The first-order valence-corrected chi connectivity index (χ1v) is 4.82. The highest BCUT2D eigenvalue weighted by Crippen LogP contribution is 2.25. The molecule has 0 fully saturated rings. The number of ketones is 1. The summed E-state index contributed by atoms with van der Waals surface area (Å²) in [6.45, 7) is 0. The Labute approximate surface area is 81.0 Å². The lowest BCUT2D eigenvalue weighted by Gasteiger charge is -2.11. The molecule has 0 aromatic carbocycles. The molecule has 1 aliphatic carbocycles. The third-order valence-electron chi connectivity index (χ3n) is 2.34. The van der Waals surface area contributed by atoms with Crippen LogP contribution in [0.25, 0.3) is 0 Å². The summed E-state index contributed by atoms with van der Waals surface area (Å²) in [6.07, 6.45) is 1.16. The zero-order chi connectivity index (χ0) is 10.6. The first-order chi connectivity index (χ1) is 6.52. The van der Waals surface area contributed by atoms with Crippen molar-refractivity contribution in [1.82, 2.24) is 0 Å². The molecule has 0 unspecified atom stereocenters. The Morgan fingerprint density at radius 3 is 2.43 bits per heavy atom. The number of Topliss-reactive ketones (excluding diaryl/α,β-unsaturated/α-hetero) is 1. The number of rotatable bonds is 1. The van der Waals surface area contributed by atoms with E-state index in [2.05, 4.69) is 0 Å². The van der Waals surface area contributed by atoms with E-state index in [1.165, 1.54) is 6.08 Å². The molecule has 0 bridgehead atoms. The zero-order valence-corrected chi connectivity index (χ0v) is 7.86. The van der Waals surface area contributed by atoms with E-state index in [1.54, 1.807) is 0 Å². The van der Waals surface area contributed by atoms with Crippen molar-refractivity contribution in [3.8, 4) is 0 Å². The molecule has 0 aliphatic heterocycles. The van der Waals surface area contributed by atoms with Crippen LogP contribution in [0.2, 0.25) is 0 Å². The molecule has 0 spiro atoms. The Bertz CT molecular complexity index is 240. The molecular formula is C10H13F3O. The van der Waals surface area contributed by atoms with Gasteiger partial charge in [-0.25, -0.2) is 0 Å². The number of hydrogen-bond acceptors (Lipinski definition) is 1. The lowest BCUT2D eigenvalue weighted by Crippen LogP contribution is -2.24. The van der Waals surface area contributed by atoms with Crippen LogP contribution in [0, 0.1) is 0 Å². The van der Waals surface area contributed by atoms with Gasteiger partial charge in [-0.1, -0.05) is 18.9 Å². The highest BCUT2D eigenvalue weighted by molar-refractivity contribution is 5.99. The fraction of sp³-hybridized carbons (Fsp3) is 0.700. The van der Waals surface area contributed by atoms with Gasteiger partial charge < -0.3 is 0 Å². The van der Waals surface area contributed by atoms with E-state index in [0.717, 1.165) is 19.3 Å². The number of carbonyl (C=O) groups is 1. The van der Waals surface area contributed by atoms with Crippen LogP contribution in [0.3, 0.4) is 0 Å². The molecule has 0 heterocycles. The molecular weight excluding hydrogens is 193 g/mol. The van der Waals surface area contributed by atoms with Gasteiger partial charge in [-0.3, -0.25) is 4.79 Å². The van der Waals surface area contributed by atoms with Crippen LogP contribution in [-0.4, -0.2) is 12.0 Å². The topological polar surface area (TPSA) is 17.1 Å². The van der Waals surface area contributed by atoms with E-state index in [9.17, 15) is 18.0 Å². The van der Waals surface area contributed by atoms with Gasteiger partial charge in [-0.2, -0.15) is 13.2 Å². The predicted octanol–water partition coefficient (Wildman–Crippen LogP) is 3.40. The normalized spacial score (nSPS) is 23.2. The van der Waals surface area contributed by atoms with Crippen molar-refractivity contribution in [1.29, 1.82) is 0 Å². The van der Waals surface area contributed by atoms with Gasteiger partial charge in [0.25, 0.3) is 5.78 Å². The summed E-state index contributed by atoms with van der Waals surface area (Å²) in [5.41, 5.74) is -0.0443. The minimum absolute atomic E-state index is 0.0443. The van der Waals surface area contributed by atoms with Crippen LogP contribution in [0.4, 0.5) is 13.2 Å². The molecule has 0 N–H and O–H groups in total. The summed E-state index contributed by atoms with van der Waals surface area (Å²) in [6, 6.07) is 0. The molecule has 1 aliphatic rings. The fourth-order valence-electron chi connectivity index (χ4n) is 1.58. The molecule has 1 rings (SSSR count).